The van der Waals surface area contributed by atoms with Crippen LogP contribution in [0.4, 0.5) is 0 Å². The lowest BCUT2D eigenvalue weighted by molar-refractivity contribution is 0.218. The van der Waals surface area contributed by atoms with E-state index in [1.807, 2.05) is 0 Å². The van der Waals surface area contributed by atoms with E-state index in [2.05, 4.69) is 38.0 Å². The Morgan fingerprint density at radius 2 is 2.04 bits per heavy atom. The van der Waals surface area contributed by atoms with Gasteiger partial charge in [-0.25, -0.2) is 4.68 Å². The molecule has 2 heterocycles. The van der Waals surface area contributed by atoms with Crippen molar-refractivity contribution in [2.75, 3.05) is 0 Å². The van der Waals surface area contributed by atoms with Gasteiger partial charge in [-0.1, -0.05) is 52.2 Å². The zero-order valence-corrected chi connectivity index (χ0v) is 16.2. The van der Waals surface area contributed by atoms with Crippen molar-refractivity contribution in [2.24, 2.45) is 11.3 Å². The number of hydrogen-bond acceptors (Lipinski definition) is 4. The van der Waals surface area contributed by atoms with Gasteiger partial charge in [0.05, 0.1) is 5.39 Å². The lowest BCUT2D eigenvalue weighted by Crippen LogP contribution is -2.27. The molecule has 3 rings (SSSR count). The number of rotatable bonds is 5. The van der Waals surface area contributed by atoms with Gasteiger partial charge in [-0.15, -0.1) is 16.4 Å². The Morgan fingerprint density at radius 1 is 1.25 bits per heavy atom. The van der Waals surface area contributed by atoms with E-state index in [1.165, 1.54) is 29.7 Å². The summed E-state index contributed by atoms with van der Waals surface area (Å²) >= 11 is 1.69. The van der Waals surface area contributed by atoms with Crippen LogP contribution in [0.2, 0.25) is 0 Å². The number of aryl methyl sites for hydroxylation is 2. The number of nitrogens with zero attached hydrogens (tertiary/aromatic N) is 3. The molecule has 4 nitrogen and oxygen atoms in total. The molecule has 24 heavy (non-hydrogen) atoms. The third kappa shape index (κ3) is 3.41. The minimum absolute atomic E-state index is 0.0724. The van der Waals surface area contributed by atoms with Crippen LogP contribution in [0, 0.1) is 11.3 Å². The first-order valence-electron chi connectivity index (χ1n) is 9.30. The van der Waals surface area contributed by atoms with E-state index in [0.717, 1.165) is 35.9 Å². The number of thiophene rings is 1. The summed E-state index contributed by atoms with van der Waals surface area (Å²) in [5.41, 5.74) is 1.65. The van der Waals surface area contributed by atoms with Gasteiger partial charge in [-0.3, -0.25) is 4.79 Å². The zero-order valence-electron chi connectivity index (χ0n) is 15.4. The van der Waals surface area contributed by atoms with Crippen molar-refractivity contribution >= 4 is 21.6 Å². The van der Waals surface area contributed by atoms with Crippen LogP contribution in [0.15, 0.2) is 4.79 Å². The second-order valence-electron chi connectivity index (χ2n) is 8.17. The molecule has 1 aliphatic carbocycles. The summed E-state index contributed by atoms with van der Waals surface area (Å²) < 4.78 is 1.58. The highest BCUT2D eigenvalue weighted by Gasteiger charge is 2.31. The van der Waals surface area contributed by atoms with Gasteiger partial charge in [0.25, 0.3) is 5.56 Å². The van der Waals surface area contributed by atoms with E-state index in [1.54, 1.807) is 16.0 Å². The second kappa shape index (κ2) is 6.95. The zero-order chi connectivity index (χ0) is 17.3. The molecule has 0 aromatic carbocycles. The van der Waals surface area contributed by atoms with Crippen LogP contribution in [0.25, 0.3) is 10.2 Å². The third-order valence-electron chi connectivity index (χ3n) is 5.39. The minimum atomic E-state index is 0.0724. The summed E-state index contributed by atoms with van der Waals surface area (Å²) in [6.07, 6.45) is 7.83. The maximum Gasteiger partial charge on any atom is 0.278 e. The Kier molecular flexibility index (Phi) is 5.09. The fraction of sp³-hybridized carbons (Fsp3) is 0.737. The predicted octanol–water partition coefficient (Wildman–Crippen LogP) is 4.58. The highest BCUT2D eigenvalue weighted by atomic mass is 32.1. The van der Waals surface area contributed by atoms with Gasteiger partial charge >= 0.3 is 0 Å². The van der Waals surface area contributed by atoms with Crippen LogP contribution in [-0.2, 0) is 19.4 Å². The van der Waals surface area contributed by atoms with E-state index < -0.39 is 0 Å². The first kappa shape index (κ1) is 17.6. The van der Waals surface area contributed by atoms with Crippen molar-refractivity contribution < 1.29 is 0 Å². The molecular weight excluding hydrogens is 318 g/mol. The largest absolute Gasteiger partial charge is 0.278 e. The van der Waals surface area contributed by atoms with Gasteiger partial charge in [0.15, 0.2) is 4.83 Å². The van der Waals surface area contributed by atoms with Gasteiger partial charge in [0, 0.05) is 11.4 Å². The summed E-state index contributed by atoms with van der Waals surface area (Å²) in [4.78, 5) is 15.1. The van der Waals surface area contributed by atoms with E-state index in [9.17, 15) is 4.79 Å². The van der Waals surface area contributed by atoms with Crippen molar-refractivity contribution in [3.05, 3.63) is 20.8 Å². The van der Waals surface area contributed by atoms with Crippen molar-refractivity contribution in [3.63, 3.8) is 0 Å². The Hall–Kier alpha value is -1.23. The summed E-state index contributed by atoms with van der Waals surface area (Å²) in [5, 5.41) is 9.40. The van der Waals surface area contributed by atoms with E-state index in [-0.39, 0.29) is 5.56 Å². The normalized spacial score (nSPS) is 18.1. The fourth-order valence-corrected chi connectivity index (χ4v) is 4.94. The Labute approximate surface area is 148 Å². The number of fused-ring (bicyclic) bond motifs is 3. The van der Waals surface area contributed by atoms with Gasteiger partial charge < -0.3 is 0 Å². The molecule has 0 saturated heterocycles. The fourth-order valence-electron chi connectivity index (χ4n) is 3.70. The quantitative estimate of drug-likeness (QED) is 0.744. The molecule has 0 bridgehead atoms. The molecule has 5 heteroatoms. The molecule has 0 spiro atoms. The summed E-state index contributed by atoms with van der Waals surface area (Å²) in [7, 11) is 0. The Bertz CT molecular complexity index is 769. The van der Waals surface area contributed by atoms with E-state index in [0.29, 0.717) is 17.9 Å². The van der Waals surface area contributed by atoms with E-state index >= 15 is 0 Å². The van der Waals surface area contributed by atoms with Crippen LogP contribution in [0.3, 0.4) is 0 Å². The highest BCUT2D eigenvalue weighted by Crippen LogP contribution is 2.41. The molecule has 1 aliphatic rings. The number of hydrogen-bond donors (Lipinski definition) is 0. The highest BCUT2D eigenvalue weighted by molar-refractivity contribution is 7.18. The third-order valence-corrected chi connectivity index (χ3v) is 6.53. The summed E-state index contributed by atoms with van der Waals surface area (Å²) in [6.45, 7) is 9.84. The van der Waals surface area contributed by atoms with Crippen molar-refractivity contribution in [1.29, 1.82) is 0 Å². The van der Waals surface area contributed by atoms with Crippen molar-refractivity contribution in [1.82, 2.24) is 15.0 Å². The smallest absolute Gasteiger partial charge is 0.267 e. The maximum absolute atomic E-state index is 12.9. The van der Waals surface area contributed by atoms with Crippen LogP contribution in [-0.4, -0.2) is 15.0 Å². The van der Waals surface area contributed by atoms with Crippen LogP contribution >= 0.6 is 11.3 Å². The molecule has 0 N–H and O–H groups in total. The summed E-state index contributed by atoms with van der Waals surface area (Å²) in [6, 6.07) is 0. The molecule has 2 aromatic rings. The molecule has 0 amide bonds. The minimum Gasteiger partial charge on any atom is -0.267 e. The summed E-state index contributed by atoms with van der Waals surface area (Å²) in [5.74, 6) is 0.683. The molecule has 2 aromatic heterocycles. The first-order chi connectivity index (χ1) is 11.4. The molecule has 132 valence electrons. The van der Waals surface area contributed by atoms with Crippen LogP contribution in [0.5, 0.6) is 0 Å². The molecule has 0 unspecified atom stereocenters. The molecule has 0 fully saturated rings. The van der Waals surface area contributed by atoms with Gasteiger partial charge in [0.2, 0.25) is 0 Å². The average molecular weight is 348 g/mol. The van der Waals surface area contributed by atoms with Crippen molar-refractivity contribution in [2.45, 2.75) is 79.2 Å². The van der Waals surface area contributed by atoms with Gasteiger partial charge in [0.1, 0.15) is 0 Å². The lowest BCUT2D eigenvalue weighted by atomic mass is 9.72. The van der Waals surface area contributed by atoms with Crippen LogP contribution < -0.4 is 5.56 Å². The number of aromatic nitrogens is 3. The Balaban J connectivity index is 1.89. The lowest BCUT2D eigenvalue weighted by Gasteiger charge is -2.33. The monoisotopic (exact) mass is 347 g/mol. The SMILES string of the molecule is CCCCCCn1nnc2sc3c(c2c1=O)CC[C@H](C(C)(C)C)C3. The molecule has 1 atom stereocenters. The standard InChI is InChI=1S/C19H29N3OS/c1-5-6-7-8-11-22-18(23)16-14-10-9-13(19(2,3)4)12-15(14)24-17(16)20-21-22/h13H,5-12H2,1-4H3/t13-/m0/s1. The van der Waals surface area contributed by atoms with E-state index in [4.69, 9.17) is 0 Å². The molecular formula is C19H29N3OS. The topological polar surface area (TPSA) is 47.8 Å². The first-order valence-corrected chi connectivity index (χ1v) is 10.1. The second-order valence-corrected chi connectivity index (χ2v) is 9.25. The Morgan fingerprint density at radius 3 is 2.75 bits per heavy atom. The molecule has 0 saturated carbocycles. The van der Waals surface area contributed by atoms with Gasteiger partial charge in [-0.2, -0.15) is 0 Å². The van der Waals surface area contributed by atoms with Gasteiger partial charge in [-0.05, 0) is 42.6 Å². The maximum atomic E-state index is 12.9. The average Bonchev–Trinajstić information content (AvgIpc) is 2.91. The predicted molar refractivity (Wildman–Crippen MR) is 101 cm³/mol. The molecule has 0 aliphatic heterocycles. The van der Waals surface area contributed by atoms with Crippen LogP contribution in [0.1, 0.15) is 70.2 Å². The number of unbranched alkanes of at least 4 members (excludes halogenated alkanes) is 3. The molecule has 0 radical (unpaired) electrons. The van der Waals surface area contributed by atoms with Crippen molar-refractivity contribution in [3.8, 4) is 0 Å².